The molecule has 3 rings (SSSR count). The van der Waals surface area contributed by atoms with E-state index in [1.165, 1.54) is 0 Å². The molecule has 2 aromatic rings. The lowest BCUT2D eigenvalue weighted by atomic mass is 9.92. The van der Waals surface area contributed by atoms with Crippen LogP contribution in [0.15, 0.2) is 35.1 Å². The zero-order valence-corrected chi connectivity index (χ0v) is 10.1. The smallest absolute Gasteiger partial charge is 0.259 e. The molecule has 1 aromatic carbocycles. The second kappa shape index (κ2) is 4.33. The van der Waals surface area contributed by atoms with Gasteiger partial charge in [0.25, 0.3) is 5.56 Å². The molecule has 1 aliphatic carbocycles. The number of rotatable bonds is 1. The number of hydrogen-bond acceptors (Lipinski definition) is 2. The second-order valence-corrected chi connectivity index (χ2v) is 4.71. The molecule has 18 heavy (non-hydrogen) atoms. The van der Waals surface area contributed by atoms with Crippen LogP contribution in [0.2, 0.25) is 0 Å². The first kappa shape index (κ1) is 11.1. The lowest BCUT2D eigenvalue weighted by Gasteiger charge is -2.18. The van der Waals surface area contributed by atoms with Crippen molar-refractivity contribution in [2.75, 3.05) is 0 Å². The SMILES string of the molecule is O=c1[nH]c2c(c(O)c1-c1ccccc1)CCCC2. The summed E-state index contributed by atoms with van der Waals surface area (Å²) >= 11 is 0. The lowest BCUT2D eigenvalue weighted by Crippen LogP contribution is -2.17. The van der Waals surface area contributed by atoms with Crippen LogP contribution < -0.4 is 5.56 Å². The van der Waals surface area contributed by atoms with E-state index >= 15 is 0 Å². The summed E-state index contributed by atoms with van der Waals surface area (Å²) in [6.45, 7) is 0. The topological polar surface area (TPSA) is 53.1 Å². The second-order valence-electron chi connectivity index (χ2n) is 4.71. The third kappa shape index (κ3) is 1.72. The maximum absolute atomic E-state index is 12.1. The van der Waals surface area contributed by atoms with Crippen molar-refractivity contribution in [2.24, 2.45) is 0 Å². The van der Waals surface area contributed by atoms with E-state index in [2.05, 4.69) is 4.98 Å². The van der Waals surface area contributed by atoms with Crippen LogP contribution in [-0.2, 0) is 12.8 Å². The van der Waals surface area contributed by atoms with Crippen LogP contribution in [0.1, 0.15) is 24.1 Å². The van der Waals surface area contributed by atoms with Crippen molar-refractivity contribution in [1.29, 1.82) is 0 Å². The highest BCUT2D eigenvalue weighted by Crippen LogP contribution is 2.33. The highest BCUT2D eigenvalue weighted by Gasteiger charge is 2.20. The van der Waals surface area contributed by atoms with Gasteiger partial charge in [-0.25, -0.2) is 0 Å². The molecule has 0 saturated carbocycles. The number of H-pyrrole nitrogens is 1. The fourth-order valence-corrected chi connectivity index (χ4v) is 2.64. The normalized spacial score (nSPS) is 14.2. The van der Waals surface area contributed by atoms with Gasteiger partial charge in [0.15, 0.2) is 0 Å². The quantitative estimate of drug-likeness (QED) is 0.806. The summed E-state index contributed by atoms with van der Waals surface area (Å²) in [4.78, 5) is 15.0. The summed E-state index contributed by atoms with van der Waals surface area (Å²) in [6, 6.07) is 9.33. The number of aromatic hydroxyl groups is 1. The summed E-state index contributed by atoms with van der Waals surface area (Å²) in [5.74, 6) is 0.166. The fraction of sp³-hybridized carbons (Fsp3) is 0.267. The molecule has 2 N–H and O–H groups in total. The Bertz CT molecular complexity index is 629. The lowest BCUT2D eigenvalue weighted by molar-refractivity contribution is 0.461. The molecule has 1 aromatic heterocycles. The minimum absolute atomic E-state index is 0.166. The molecule has 3 heteroatoms. The van der Waals surface area contributed by atoms with Crippen LogP contribution >= 0.6 is 0 Å². The van der Waals surface area contributed by atoms with Crippen LogP contribution in [0, 0.1) is 0 Å². The maximum Gasteiger partial charge on any atom is 0.259 e. The zero-order chi connectivity index (χ0) is 12.5. The Hall–Kier alpha value is -2.03. The Labute approximate surface area is 105 Å². The summed E-state index contributed by atoms with van der Waals surface area (Å²) in [5.41, 5.74) is 2.79. The highest BCUT2D eigenvalue weighted by molar-refractivity contribution is 5.71. The minimum Gasteiger partial charge on any atom is -0.507 e. The molecule has 0 amide bonds. The summed E-state index contributed by atoms with van der Waals surface area (Å²) in [7, 11) is 0. The Morgan fingerprint density at radius 2 is 1.78 bits per heavy atom. The number of hydrogen-bond donors (Lipinski definition) is 2. The van der Waals surface area contributed by atoms with E-state index in [0.29, 0.717) is 5.56 Å². The van der Waals surface area contributed by atoms with Gasteiger partial charge in [0.05, 0.1) is 5.56 Å². The van der Waals surface area contributed by atoms with Gasteiger partial charge in [-0.1, -0.05) is 30.3 Å². The first-order valence-electron chi connectivity index (χ1n) is 6.30. The molecule has 0 radical (unpaired) electrons. The van der Waals surface area contributed by atoms with Gasteiger partial charge >= 0.3 is 0 Å². The molecule has 0 spiro atoms. The van der Waals surface area contributed by atoms with Crippen LogP contribution in [0.3, 0.4) is 0 Å². The maximum atomic E-state index is 12.1. The predicted octanol–water partition coefficient (Wildman–Crippen LogP) is 2.63. The van der Waals surface area contributed by atoms with Gasteiger partial charge in [0, 0.05) is 11.3 Å². The van der Waals surface area contributed by atoms with Crippen molar-refractivity contribution < 1.29 is 5.11 Å². The van der Waals surface area contributed by atoms with Crippen LogP contribution in [-0.4, -0.2) is 10.1 Å². The first-order valence-corrected chi connectivity index (χ1v) is 6.30. The summed E-state index contributed by atoms with van der Waals surface area (Å²) in [6.07, 6.45) is 3.85. The Balaban J connectivity index is 2.25. The van der Waals surface area contributed by atoms with Gasteiger partial charge < -0.3 is 10.1 Å². The molecule has 1 heterocycles. The largest absolute Gasteiger partial charge is 0.507 e. The van der Waals surface area contributed by atoms with Gasteiger partial charge in [-0.2, -0.15) is 0 Å². The van der Waals surface area contributed by atoms with E-state index in [1.807, 2.05) is 30.3 Å². The average Bonchev–Trinajstić information content (AvgIpc) is 2.40. The zero-order valence-electron chi connectivity index (χ0n) is 10.1. The Morgan fingerprint density at radius 3 is 2.56 bits per heavy atom. The summed E-state index contributed by atoms with van der Waals surface area (Å²) < 4.78 is 0. The van der Waals surface area contributed by atoms with Crippen molar-refractivity contribution in [3.63, 3.8) is 0 Å². The molecular formula is C15H15NO2. The minimum atomic E-state index is -0.195. The molecule has 0 atom stereocenters. The highest BCUT2D eigenvalue weighted by atomic mass is 16.3. The monoisotopic (exact) mass is 241 g/mol. The standard InChI is InChI=1S/C15H15NO2/c17-14-11-8-4-5-9-12(11)16-15(18)13(14)10-6-2-1-3-7-10/h1-3,6-7H,4-5,8-9H2,(H2,16,17,18). The van der Waals surface area contributed by atoms with E-state index in [1.54, 1.807) is 0 Å². The van der Waals surface area contributed by atoms with E-state index in [4.69, 9.17) is 0 Å². The van der Waals surface area contributed by atoms with Gasteiger partial charge in [-0.05, 0) is 31.2 Å². The fourth-order valence-electron chi connectivity index (χ4n) is 2.64. The number of nitrogens with one attached hydrogen (secondary N) is 1. The van der Waals surface area contributed by atoms with E-state index in [-0.39, 0.29) is 11.3 Å². The summed E-state index contributed by atoms with van der Waals surface area (Å²) in [5, 5.41) is 10.3. The molecule has 0 bridgehead atoms. The number of benzene rings is 1. The Morgan fingerprint density at radius 1 is 1.06 bits per heavy atom. The third-order valence-electron chi connectivity index (χ3n) is 3.54. The molecule has 0 unspecified atom stereocenters. The number of pyridine rings is 1. The molecule has 1 aliphatic rings. The van der Waals surface area contributed by atoms with Crippen LogP contribution in [0.25, 0.3) is 11.1 Å². The van der Waals surface area contributed by atoms with Gasteiger partial charge in [0.2, 0.25) is 0 Å². The predicted molar refractivity (Wildman–Crippen MR) is 70.8 cm³/mol. The van der Waals surface area contributed by atoms with E-state index in [0.717, 1.165) is 42.5 Å². The van der Waals surface area contributed by atoms with Crippen molar-refractivity contribution in [1.82, 2.24) is 4.98 Å². The molecule has 3 nitrogen and oxygen atoms in total. The first-order chi connectivity index (χ1) is 8.77. The van der Waals surface area contributed by atoms with Crippen molar-refractivity contribution in [2.45, 2.75) is 25.7 Å². The van der Waals surface area contributed by atoms with Gasteiger partial charge in [-0.3, -0.25) is 4.79 Å². The molecule has 0 fully saturated rings. The van der Waals surface area contributed by atoms with E-state index in [9.17, 15) is 9.90 Å². The molecular weight excluding hydrogens is 226 g/mol. The van der Waals surface area contributed by atoms with Crippen molar-refractivity contribution in [3.05, 3.63) is 51.9 Å². The van der Waals surface area contributed by atoms with Gasteiger partial charge in [-0.15, -0.1) is 0 Å². The molecule has 0 aliphatic heterocycles. The average molecular weight is 241 g/mol. The van der Waals surface area contributed by atoms with Crippen molar-refractivity contribution in [3.8, 4) is 16.9 Å². The van der Waals surface area contributed by atoms with E-state index < -0.39 is 0 Å². The van der Waals surface area contributed by atoms with Crippen LogP contribution in [0.5, 0.6) is 5.75 Å². The number of fused-ring (bicyclic) bond motifs is 1. The third-order valence-corrected chi connectivity index (χ3v) is 3.54. The number of aromatic nitrogens is 1. The number of aryl methyl sites for hydroxylation is 1. The van der Waals surface area contributed by atoms with Crippen LogP contribution in [0.4, 0.5) is 0 Å². The molecule has 92 valence electrons. The van der Waals surface area contributed by atoms with Crippen molar-refractivity contribution >= 4 is 0 Å². The molecule has 0 saturated heterocycles. The van der Waals surface area contributed by atoms with Gasteiger partial charge in [0.1, 0.15) is 5.75 Å². The Kier molecular flexibility index (Phi) is 2.67. The number of aromatic amines is 1.